The van der Waals surface area contributed by atoms with Gasteiger partial charge in [0.15, 0.2) is 6.61 Å². The van der Waals surface area contributed by atoms with E-state index in [9.17, 15) is 4.79 Å². The van der Waals surface area contributed by atoms with Crippen LogP contribution >= 0.6 is 21.8 Å². The third kappa shape index (κ3) is 7.14. The maximum Gasteiger partial charge on any atom is 0.341 e. The molecule has 1 aromatic carbocycles. The molecule has 1 aliphatic heterocycles. The average Bonchev–Trinajstić information content (AvgIpc) is 2.87. The Kier molecular flexibility index (Phi) is 6.91. The number of aliphatic carboxylic acids is 1. The highest BCUT2D eigenvalue weighted by atomic mass is 33.1. The molecule has 0 spiro atoms. The molecule has 4 nitrogen and oxygen atoms in total. The average molecular weight is 273 g/mol. The highest BCUT2D eigenvalue weighted by Gasteiger charge is 1.97. The summed E-state index contributed by atoms with van der Waals surface area (Å²) in [5.41, 5.74) is 1.12. The molecule has 6 heteroatoms. The molecule has 0 amide bonds. The summed E-state index contributed by atoms with van der Waals surface area (Å²) < 4.78 is 8.02. The van der Waals surface area contributed by atoms with Gasteiger partial charge in [-0.2, -0.15) is 0 Å². The fourth-order valence-corrected chi connectivity index (χ4v) is 2.65. The zero-order chi connectivity index (χ0) is 12.5. The third-order valence-electron chi connectivity index (χ3n) is 1.79. The van der Waals surface area contributed by atoms with Gasteiger partial charge in [-0.15, -0.1) is 0 Å². The van der Waals surface area contributed by atoms with Gasteiger partial charge in [0.1, 0.15) is 5.75 Å². The maximum atomic E-state index is 10.1. The zero-order valence-corrected chi connectivity index (χ0v) is 11.1. The topological polar surface area (TPSA) is 58.6 Å². The first-order valence-corrected chi connectivity index (χ1v) is 7.43. The fourth-order valence-electron chi connectivity index (χ4n) is 0.988. The molecule has 0 radical (unpaired) electrons. The van der Waals surface area contributed by atoms with Crippen LogP contribution in [0.2, 0.25) is 0 Å². The second kappa shape index (κ2) is 8.27. The van der Waals surface area contributed by atoms with Crippen LogP contribution in [0.1, 0.15) is 5.56 Å². The van der Waals surface area contributed by atoms with Gasteiger partial charge in [-0.25, -0.2) is 4.79 Å². The minimum absolute atomic E-state index is 0.289. The van der Waals surface area contributed by atoms with Crippen LogP contribution in [0.5, 0.6) is 5.75 Å². The molecular weight excluding hydrogens is 258 g/mol. The molecule has 0 unspecified atom stereocenters. The Labute approximate surface area is 109 Å². The fraction of sp³-hybridized carbons (Fsp3) is 0.364. The molecule has 0 bridgehead atoms. The summed E-state index contributed by atoms with van der Waals surface area (Å²) in [7, 11) is 3.62. The number of hydrogen-bond acceptors (Lipinski definition) is 5. The maximum absolute atomic E-state index is 10.1. The molecule has 0 atom stereocenters. The van der Waals surface area contributed by atoms with Crippen LogP contribution in [0.4, 0.5) is 0 Å². The second-order valence-electron chi connectivity index (χ2n) is 3.30. The molecule has 0 aliphatic carbocycles. The van der Waals surface area contributed by atoms with Crippen LogP contribution in [0, 0.1) is 6.92 Å². The zero-order valence-electron chi connectivity index (χ0n) is 9.51. The minimum Gasteiger partial charge on any atom is -0.482 e. The van der Waals surface area contributed by atoms with Crippen molar-refractivity contribution in [3.63, 3.8) is 0 Å². The highest BCUT2D eigenvalue weighted by molar-refractivity contribution is 8.76. The smallest absolute Gasteiger partial charge is 0.341 e. The summed E-state index contributed by atoms with van der Waals surface area (Å²) in [6.07, 6.45) is 0. The molecule has 2 N–H and O–H groups in total. The van der Waals surface area contributed by atoms with Crippen LogP contribution in [0.15, 0.2) is 24.3 Å². The second-order valence-corrected chi connectivity index (χ2v) is 5.60. The quantitative estimate of drug-likeness (QED) is 0.651. The summed E-state index contributed by atoms with van der Waals surface area (Å²) >= 11 is 0. The molecule has 2 rings (SSSR count). The van der Waals surface area contributed by atoms with Gasteiger partial charge >= 0.3 is 5.97 Å². The Bertz CT molecular complexity index is 331. The van der Waals surface area contributed by atoms with E-state index < -0.39 is 5.97 Å². The molecule has 94 valence electrons. The Hall–Kier alpha value is -0.850. The summed E-state index contributed by atoms with van der Waals surface area (Å²) in [6.45, 7) is 2.85. The SMILES string of the molecule is C1CSSN1.Cc1ccc(OCC(=O)O)cc1. The van der Waals surface area contributed by atoms with Crippen LogP contribution < -0.4 is 9.46 Å². The number of carbonyl (C=O) groups is 1. The molecule has 1 aromatic rings. The van der Waals surface area contributed by atoms with Gasteiger partial charge < -0.3 is 9.84 Å². The Morgan fingerprint density at radius 1 is 1.47 bits per heavy atom. The van der Waals surface area contributed by atoms with E-state index in [1.807, 2.05) is 29.9 Å². The number of rotatable bonds is 3. The molecule has 1 aliphatic rings. The van der Waals surface area contributed by atoms with Crippen molar-refractivity contribution in [2.24, 2.45) is 0 Å². The van der Waals surface area contributed by atoms with Crippen molar-refractivity contribution in [3.8, 4) is 5.75 Å². The molecular formula is C11H15NO3S2. The van der Waals surface area contributed by atoms with E-state index >= 15 is 0 Å². The number of aryl methyl sites for hydroxylation is 1. The van der Waals surface area contributed by atoms with E-state index in [1.165, 1.54) is 12.3 Å². The minimum atomic E-state index is -0.962. The lowest BCUT2D eigenvalue weighted by atomic mass is 10.2. The predicted octanol–water partition coefficient (Wildman–Crippen LogP) is 2.34. The van der Waals surface area contributed by atoms with Gasteiger partial charge in [-0.05, 0) is 30.0 Å². The van der Waals surface area contributed by atoms with E-state index in [1.54, 1.807) is 23.1 Å². The summed E-state index contributed by atoms with van der Waals surface area (Å²) in [4.78, 5) is 10.1. The van der Waals surface area contributed by atoms with Crippen molar-refractivity contribution in [2.75, 3.05) is 18.9 Å². The first-order chi connectivity index (χ1) is 8.18. The van der Waals surface area contributed by atoms with E-state index in [2.05, 4.69) is 4.72 Å². The first kappa shape index (κ1) is 14.2. The van der Waals surface area contributed by atoms with E-state index in [0.29, 0.717) is 5.75 Å². The van der Waals surface area contributed by atoms with E-state index in [4.69, 9.17) is 9.84 Å². The monoisotopic (exact) mass is 273 g/mol. The van der Waals surface area contributed by atoms with E-state index in [-0.39, 0.29) is 6.61 Å². The molecule has 0 saturated carbocycles. The van der Waals surface area contributed by atoms with E-state index in [0.717, 1.165) is 5.56 Å². The molecule has 1 fully saturated rings. The molecule has 17 heavy (non-hydrogen) atoms. The van der Waals surface area contributed by atoms with Gasteiger partial charge in [0.05, 0.1) is 0 Å². The van der Waals surface area contributed by atoms with Crippen LogP contribution in [0.25, 0.3) is 0 Å². The first-order valence-electron chi connectivity index (χ1n) is 5.11. The van der Waals surface area contributed by atoms with Crippen molar-refractivity contribution < 1.29 is 14.6 Å². The standard InChI is InChI=1S/C9H10O3.C2H5NS2/c1-7-2-4-8(5-3-7)12-6-9(10)11;1-2-4-5-3-1/h2-5H,6H2,1H3,(H,10,11);3H,1-2H2. The highest BCUT2D eigenvalue weighted by Crippen LogP contribution is 2.21. The number of hydrogen-bond donors (Lipinski definition) is 2. The number of ether oxygens (including phenoxy) is 1. The lowest BCUT2D eigenvalue weighted by Gasteiger charge is -2.01. The Morgan fingerprint density at radius 3 is 2.59 bits per heavy atom. The third-order valence-corrected chi connectivity index (χ3v) is 3.81. The molecule has 1 saturated heterocycles. The van der Waals surface area contributed by atoms with Gasteiger partial charge in [0.2, 0.25) is 0 Å². The lowest BCUT2D eigenvalue weighted by molar-refractivity contribution is -0.139. The Balaban J connectivity index is 0.000000239. The van der Waals surface area contributed by atoms with Crippen molar-refractivity contribution in [2.45, 2.75) is 6.92 Å². The van der Waals surface area contributed by atoms with Crippen molar-refractivity contribution in [3.05, 3.63) is 29.8 Å². The normalized spacial score (nSPS) is 13.7. The lowest BCUT2D eigenvalue weighted by Crippen LogP contribution is -2.09. The molecule has 1 heterocycles. The summed E-state index contributed by atoms with van der Waals surface area (Å²) in [5, 5.41) is 8.30. The number of carboxylic acids is 1. The van der Waals surface area contributed by atoms with Crippen LogP contribution in [-0.4, -0.2) is 30.0 Å². The van der Waals surface area contributed by atoms with Crippen molar-refractivity contribution >= 4 is 27.7 Å². The van der Waals surface area contributed by atoms with Crippen molar-refractivity contribution in [1.29, 1.82) is 0 Å². The van der Waals surface area contributed by atoms with Gasteiger partial charge in [0.25, 0.3) is 0 Å². The van der Waals surface area contributed by atoms with Gasteiger partial charge in [0, 0.05) is 12.3 Å². The number of carboxylic acid groups (broad SMARTS) is 1. The van der Waals surface area contributed by atoms with Crippen LogP contribution in [0.3, 0.4) is 0 Å². The molecule has 0 aromatic heterocycles. The number of nitrogens with one attached hydrogen (secondary N) is 1. The largest absolute Gasteiger partial charge is 0.482 e. The van der Waals surface area contributed by atoms with Gasteiger partial charge in [-0.1, -0.05) is 28.5 Å². The predicted molar refractivity (Wildman–Crippen MR) is 72.4 cm³/mol. The van der Waals surface area contributed by atoms with Gasteiger partial charge in [-0.3, -0.25) is 4.72 Å². The van der Waals surface area contributed by atoms with Crippen LogP contribution in [-0.2, 0) is 4.79 Å². The Morgan fingerprint density at radius 2 is 2.18 bits per heavy atom. The summed E-state index contributed by atoms with van der Waals surface area (Å²) in [6, 6.07) is 7.24. The summed E-state index contributed by atoms with van der Waals surface area (Å²) in [5.74, 6) is 0.892. The van der Waals surface area contributed by atoms with Crippen molar-refractivity contribution in [1.82, 2.24) is 4.72 Å². The number of benzene rings is 1.